The van der Waals surface area contributed by atoms with Crippen molar-refractivity contribution in [2.24, 2.45) is 0 Å². The number of ether oxygens (including phenoxy) is 2. The highest BCUT2D eigenvalue weighted by Crippen LogP contribution is 2.31. The molecule has 9 heteroatoms. The van der Waals surface area contributed by atoms with E-state index >= 15 is 0 Å². The number of carbonyl (C=O) groups excluding carboxylic acids is 1. The molecule has 0 unspecified atom stereocenters. The van der Waals surface area contributed by atoms with Crippen molar-refractivity contribution in [1.82, 2.24) is 25.3 Å². The molecule has 0 saturated carbocycles. The van der Waals surface area contributed by atoms with Crippen molar-refractivity contribution in [1.29, 1.82) is 0 Å². The number of rotatable bonds is 8. The summed E-state index contributed by atoms with van der Waals surface area (Å²) < 4.78 is 11.4. The molecule has 4 aromatic rings. The number of nitrogens with one attached hydrogen (secondary N) is 2. The van der Waals surface area contributed by atoms with Crippen molar-refractivity contribution in [2.45, 2.75) is 33.2 Å². The Kier molecular flexibility index (Phi) is 7.05. The van der Waals surface area contributed by atoms with Crippen molar-refractivity contribution in [2.75, 3.05) is 18.5 Å². The molecule has 0 aliphatic rings. The van der Waals surface area contributed by atoms with Crippen molar-refractivity contribution in [3.05, 3.63) is 61.2 Å². The Labute approximate surface area is 204 Å². The van der Waals surface area contributed by atoms with Gasteiger partial charge in [0.1, 0.15) is 23.6 Å². The molecule has 35 heavy (non-hydrogen) atoms. The zero-order valence-electron chi connectivity index (χ0n) is 20.2. The summed E-state index contributed by atoms with van der Waals surface area (Å²) in [6.45, 7) is 8.18. The maximum Gasteiger partial charge on any atom is 0.258 e. The first kappa shape index (κ1) is 23.9. The molecule has 4 rings (SSSR count). The number of benzene rings is 2. The van der Waals surface area contributed by atoms with Gasteiger partial charge in [0.15, 0.2) is 12.4 Å². The topological polar surface area (TPSA) is 111 Å². The van der Waals surface area contributed by atoms with E-state index < -0.39 is 0 Å². The van der Waals surface area contributed by atoms with Gasteiger partial charge in [0, 0.05) is 16.5 Å². The number of carbonyl (C=O) groups is 1. The molecule has 0 aliphatic heterocycles. The van der Waals surface area contributed by atoms with E-state index in [9.17, 15) is 4.79 Å². The highest BCUT2D eigenvalue weighted by atomic mass is 16.5. The Bertz CT molecular complexity index is 1320. The number of amides is 1. The number of hydrogen-bond acceptors (Lipinski definition) is 8. The summed E-state index contributed by atoms with van der Waals surface area (Å²) in [5.74, 6) is 2.19. The van der Waals surface area contributed by atoms with E-state index in [0.29, 0.717) is 29.7 Å². The fourth-order valence-electron chi connectivity index (χ4n) is 3.42. The molecule has 180 valence electrons. The van der Waals surface area contributed by atoms with Crippen LogP contribution in [0.1, 0.15) is 27.7 Å². The molecule has 0 bridgehead atoms. The lowest BCUT2D eigenvalue weighted by Gasteiger charge is -2.20. The first-order chi connectivity index (χ1) is 16.8. The maximum absolute atomic E-state index is 12.1. The fourth-order valence-corrected chi connectivity index (χ4v) is 3.42. The van der Waals surface area contributed by atoms with Crippen LogP contribution in [-0.2, 0) is 4.79 Å². The van der Waals surface area contributed by atoms with Gasteiger partial charge in [-0.1, -0.05) is 12.1 Å². The average Bonchev–Trinajstić information content (AvgIpc) is 2.83. The summed E-state index contributed by atoms with van der Waals surface area (Å²) in [6, 6.07) is 13.0. The van der Waals surface area contributed by atoms with Crippen LogP contribution in [0.5, 0.6) is 11.5 Å². The molecular formula is C26H28N6O3. The number of fused-ring (bicyclic) bond motifs is 1. The minimum absolute atomic E-state index is 0.0830. The Morgan fingerprint density at radius 1 is 0.971 bits per heavy atom. The second-order valence-electron chi connectivity index (χ2n) is 8.87. The Morgan fingerprint density at radius 3 is 2.49 bits per heavy atom. The zero-order chi connectivity index (χ0) is 24.8. The number of hydrogen-bond donors (Lipinski definition) is 2. The third-order valence-electron chi connectivity index (χ3n) is 4.78. The molecule has 9 nitrogen and oxygen atoms in total. The van der Waals surface area contributed by atoms with Gasteiger partial charge in [0.05, 0.1) is 30.2 Å². The molecule has 1 amide bonds. The van der Waals surface area contributed by atoms with Crippen molar-refractivity contribution in [3.63, 3.8) is 0 Å². The van der Waals surface area contributed by atoms with Crippen LogP contribution in [0.4, 0.5) is 11.5 Å². The summed E-state index contributed by atoms with van der Waals surface area (Å²) in [5.41, 5.74) is 1.87. The minimum atomic E-state index is -0.323. The Morgan fingerprint density at radius 2 is 1.74 bits per heavy atom. The van der Waals surface area contributed by atoms with E-state index in [1.807, 2.05) is 64.1 Å². The number of anilines is 2. The molecular weight excluding hydrogens is 444 g/mol. The molecule has 2 N–H and O–H groups in total. The molecule has 0 aliphatic carbocycles. The van der Waals surface area contributed by atoms with Gasteiger partial charge < -0.3 is 20.1 Å². The SMILES string of the molecule is CCOc1ccc2nc(-c3cccc(OCC(=O)NC(C)(C)C)c3)nc(Nc3cncnc3)c2c1. The lowest BCUT2D eigenvalue weighted by Crippen LogP contribution is -2.43. The Balaban J connectivity index is 1.66. The van der Waals surface area contributed by atoms with Gasteiger partial charge >= 0.3 is 0 Å². The third-order valence-corrected chi connectivity index (χ3v) is 4.78. The van der Waals surface area contributed by atoms with Crippen LogP contribution < -0.4 is 20.1 Å². The smallest absolute Gasteiger partial charge is 0.258 e. The van der Waals surface area contributed by atoms with Gasteiger partial charge in [-0.2, -0.15) is 0 Å². The van der Waals surface area contributed by atoms with Crippen LogP contribution in [0.25, 0.3) is 22.3 Å². The zero-order valence-corrected chi connectivity index (χ0v) is 20.2. The third kappa shape index (κ3) is 6.41. The van der Waals surface area contributed by atoms with E-state index in [0.717, 1.165) is 22.2 Å². The van der Waals surface area contributed by atoms with Crippen LogP contribution in [0, 0.1) is 0 Å². The highest BCUT2D eigenvalue weighted by molar-refractivity contribution is 5.93. The lowest BCUT2D eigenvalue weighted by molar-refractivity contribution is -0.124. The second-order valence-corrected chi connectivity index (χ2v) is 8.87. The predicted molar refractivity (Wildman–Crippen MR) is 135 cm³/mol. The average molecular weight is 473 g/mol. The molecule has 0 radical (unpaired) electrons. The standard InChI is InChI=1S/C26H28N6O3/c1-5-34-20-9-10-22-21(12-20)25(29-18-13-27-16-28-14-18)31-24(30-22)17-7-6-8-19(11-17)35-15-23(33)32-26(2,3)4/h6-14,16H,5,15H2,1-4H3,(H,32,33)(H,29,30,31). The van der Waals surface area contributed by atoms with Gasteiger partial charge in [0.25, 0.3) is 5.91 Å². The molecule has 0 atom stereocenters. The molecule has 2 aromatic carbocycles. The van der Waals surface area contributed by atoms with Crippen molar-refractivity contribution in [3.8, 4) is 22.9 Å². The summed E-state index contributed by atoms with van der Waals surface area (Å²) in [6.07, 6.45) is 4.81. The van der Waals surface area contributed by atoms with E-state index in [1.165, 1.54) is 6.33 Å². The summed E-state index contributed by atoms with van der Waals surface area (Å²) in [4.78, 5) is 29.8. The molecule has 0 fully saturated rings. The number of aromatic nitrogens is 4. The van der Waals surface area contributed by atoms with E-state index in [2.05, 4.69) is 20.6 Å². The normalized spacial score (nSPS) is 11.2. The molecule has 2 heterocycles. The van der Waals surface area contributed by atoms with Crippen LogP contribution >= 0.6 is 0 Å². The molecule has 0 saturated heterocycles. The van der Waals surface area contributed by atoms with Crippen molar-refractivity contribution >= 4 is 28.3 Å². The second kappa shape index (κ2) is 10.3. The van der Waals surface area contributed by atoms with E-state index in [1.54, 1.807) is 18.5 Å². The highest BCUT2D eigenvalue weighted by Gasteiger charge is 2.15. The van der Waals surface area contributed by atoms with Crippen LogP contribution in [0.15, 0.2) is 61.2 Å². The molecule has 0 spiro atoms. The quantitative estimate of drug-likeness (QED) is 0.385. The monoisotopic (exact) mass is 472 g/mol. The Hall–Kier alpha value is -4.27. The van der Waals surface area contributed by atoms with Crippen LogP contribution in [-0.4, -0.2) is 44.6 Å². The molecule has 2 aromatic heterocycles. The van der Waals surface area contributed by atoms with Gasteiger partial charge in [0.2, 0.25) is 0 Å². The van der Waals surface area contributed by atoms with Crippen LogP contribution in [0.3, 0.4) is 0 Å². The first-order valence-corrected chi connectivity index (χ1v) is 11.3. The minimum Gasteiger partial charge on any atom is -0.494 e. The lowest BCUT2D eigenvalue weighted by atomic mass is 10.1. The maximum atomic E-state index is 12.1. The summed E-state index contributed by atoms with van der Waals surface area (Å²) in [5, 5.41) is 6.97. The fraction of sp³-hybridized carbons (Fsp3) is 0.269. The van der Waals surface area contributed by atoms with Crippen molar-refractivity contribution < 1.29 is 14.3 Å². The van der Waals surface area contributed by atoms with Crippen LogP contribution in [0.2, 0.25) is 0 Å². The van der Waals surface area contributed by atoms with Gasteiger partial charge in [-0.15, -0.1) is 0 Å². The van der Waals surface area contributed by atoms with E-state index in [-0.39, 0.29) is 18.1 Å². The largest absolute Gasteiger partial charge is 0.494 e. The van der Waals surface area contributed by atoms with Gasteiger partial charge in [-0.25, -0.2) is 19.9 Å². The van der Waals surface area contributed by atoms with Gasteiger partial charge in [-0.3, -0.25) is 4.79 Å². The predicted octanol–water partition coefficient (Wildman–Crippen LogP) is 4.52. The van der Waals surface area contributed by atoms with E-state index in [4.69, 9.17) is 19.4 Å². The number of nitrogens with zero attached hydrogens (tertiary/aromatic N) is 4. The summed E-state index contributed by atoms with van der Waals surface area (Å²) in [7, 11) is 0. The van der Waals surface area contributed by atoms with Gasteiger partial charge in [-0.05, 0) is 58.0 Å². The summed E-state index contributed by atoms with van der Waals surface area (Å²) >= 11 is 0. The first-order valence-electron chi connectivity index (χ1n) is 11.3.